The zero-order valence-electron chi connectivity index (χ0n) is 14.4. The number of para-hydroxylation sites is 1. The lowest BCUT2D eigenvalue weighted by atomic mass is 10.2. The van der Waals surface area contributed by atoms with Gasteiger partial charge in [-0.3, -0.25) is 9.59 Å². The van der Waals surface area contributed by atoms with Crippen LogP contribution in [0.3, 0.4) is 0 Å². The molecule has 0 radical (unpaired) electrons. The van der Waals surface area contributed by atoms with Crippen LogP contribution in [-0.4, -0.2) is 54.3 Å². The fourth-order valence-electron chi connectivity index (χ4n) is 2.18. The van der Waals surface area contributed by atoms with E-state index < -0.39 is 6.10 Å². The molecule has 1 N–H and O–H groups in total. The molecular weight excluding hydrogens is 310 g/mol. The molecule has 1 amide bonds. The topological polar surface area (TPSA) is 76.1 Å². The summed E-state index contributed by atoms with van der Waals surface area (Å²) in [6.45, 7) is 4.57. The highest BCUT2D eigenvalue weighted by Gasteiger charge is 2.17. The molecule has 0 aliphatic carbocycles. The van der Waals surface area contributed by atoms with Crippen LogP contribution in [0.15, 0.2) is 30.3 Å². The van der Waals surface area contributed by atoms with Crippen molar-refractivity contribution in [1.29, 1.82) is 0 Å². The monoisotopic (exact) mass is 337 g/mol. The van der Waals surface area contributed by atoms with E-state index in [1.165, 1.54) is 4.90 Å². The zero-order chi connectivity index (χ0) is 17.8. The maximum Gasteiger partial charge on any atom is 0.307 e. The molecule has 0 fully saturated rings. The SMILES string of the molecule is CCOC(=O)CCN(CC(C)O)C(=O)CCCOc1ccccc1. The number of aliphatic hydroxyl groups excluding tert-OH is 1. The van der Waals surface area contributed by atoms with Gasteiger partial charge in [0.05, 0.1) is 25.7 Å². The Morgan fingerprint density at radius 2 is 1.92 bits per heavy atom. The molecule has 0 saturated carbocycles. The van der Waals surface area contributed by atoms with Crippen molar-refractivity contribution in [1.82, 2.24) is 4.90 Å². The van der Waals surface area contributed by atoms with Gasteiger partial charge in [0.2, 0.25) is 5.91 Å². The first-order chi connectivity index (χ1) is 11.5. The zero-order valence-corrected chi connectivity index (χ0v) is 14.4. The average molecular weight is 337 g/mol. The van der Waals surface area contributed by atoms with Crippen LogP contribution in [0.4, 0.5) is 0 Å². The van der Waals surface area contributed by atoms with Crippen molar-refractivity contribution in [3.63, 3.8) is 0 Å². The molecule has 0 spiro atoms. The van der Waals surface area contributed by atoms with E-state index >= 15 is 0 Å². The standard InChI is InChI=1S/C18H27NO5/c1-3-23-18(22)11-12-19(14-15(2)20)17(21)10-7-13-24-16-8-5-4-6-9-16/h4-6,8-9,15,20H,3,7,10-14H2,1-2H3. The van der Waals surface area contributed by atoms with E-state index in [9.17, 15) is 14.7 Å². The van der Waals surface area contributed by atoms with E-state index in [0.717, 1.165) is 5.75 Å². The number of nitrogens with zero attached hydrogens (tertiary/aromatic N) is 1. The number of benzene rings is 1. The number of hydrogen-bond acceptors (Lipinski definition) is 5. The molecule has 1 unspecified atom stereocenters. The molecule has 0 aliphatic heterocycles. The minimum absolute atomic E-state index is 0.100. The summed E-state index contributed by atoms with van der Waals surface area (Å²) in [5, 5.41) is 9.53. The summed E-state index contributed by atoms with van der Waals surface area (Å²) in [7, 11) is 0. The van der Waals surface area contributed by atoms with Gasteiger partial charge in [0.25, 0.3) is 0 Å². The highest BCUT2D eigenvalue weighted by molar-refractivity contribution is 5.77. The summed E-state index contributed by atoms with van der Waals surface area (Å²) in [6.07, 6.45) is 0.371. The summed E-state index contributed by atoms with van der Waals surface area (Å²) in [4.78, 5) is 25.2. The predicted octanol–water partition coefficient (Wildman–Crippen LogP) is 2.01. The highest BCUT2D eigenvalue weighted by Crippen LogP contribution is 2.09. The van der Waals surface area contributed by atoms with Gasteiger partial charge in [-0.2, -0.15) is 0 Å². The average Bonchev–Trinajstić information content (AvgIpc) is 2.56. The van der Waals surface area contributed by atoms with Crippen molar-refractivity contribution in [3.8, 4) is 5.75 Å². The lowest BCUT2D eigenvalue weighted by Crippen LogP contribution is -2.38. The van der Waals surface area contributed by atoms with Crippen LogP contribution in [0, 0.1) is 0 Å². The number of esters is 1. The first-order valence-electron chi connectivity index (χ1n) is 8.32. The van der Waals surface area contributed by atoms with Gasteiger partial charge in [-0.05, 0) is 32.4 Å². The molecule has 134 valence electrons. The number of aliphatic hydroxyl groups is 1. The van der Waals surface area contributed by atoms with Gasteiger partial charge in [-0.15, -0.1) is 0 Å². The molecule has 0 aromatic heterocycles. The second-order valence-corrected chi connectivity index (χ2v) is 5.51. The Morgan fingerprint density at radius 1 is 1.21 bits per heavy atom. The Morgan fingerprint density at radius 3 is 2.54 bits per heavy atom. The van der Waals surface area contributed by atoms with Gasteiger partial charge in [0.15, 0.2) is 0 Å². The van der Waals surface area contributed by atoms with Crippen LogP contribution in [-0.2, 0) is 14.3 Å². The van der Waals surface area contributed by atoms with Crippen molar-refractivity contribution >= 4 is 11.9 Å². The molecule has 0 saturated heterocycles. The van der Waals surface area contributed by atoms with E-state index in [-0.39, 0.29) is 31.4 Å². The van der Waals surface area contributed by atoms with E-state index in [1.54, 1.807) is 13.8 Å². The van der Waals surface area contributed by atoms with Crippen LogP contribution in [0.2, 0.25) is 0 Å². The molecule has 1 atom stereocenters. The molecule has 1 aromatic rings. The van der Waals surface area contributed by atoms with Crippen molar-refractivity contribution in [2.75, 3.05) is 26.3 Å². The van der Waals surface area contributed by atoms with Crippen LogP contribution in [0.5, 0.6) is 5.75 Å². The van der Waals surface area contributed by atoms with E-state index in [1.807, 2.05) is 30.3 Å². The third-order valence-corrected chi connectivity index (χ3v) is 3.28. The number of ether oxygens (including phenoxy) is 2. The molecule has 6 nitrogen and oxygen atoms in total. The Hall–Kier alpha value is -2.08. The fourth-order valence-corrected chi connectivity index (χ4v) is 2.18. The molecule has 0 bridgehead atoms. The summed E-state index contributed by atoms with van der Waals surface area (Å²) in [5.74, 6) is 0.332. The minimum atomic E-state index is -0.642. The van der Waals surface area contributed by atoms with Crippen LogP contribution in [0.25, 0.3) is 0 Å². The predicted molar refractivity (Wildman–Crippen MR) is 90.7 cm³/mol. The van der Waals surface area contributed by atoms with Gasteiger partial charge >= 0.3 is 5.97 Å². The number of carbonyl (C=O) groups is 2. The first kappa shape index (κ1) is 20.0. The Balaban J connectivity index is 2.35. The number of rotatable bonds is 11. The van der Waals surface area contributed by atoms with E-state index in [4.69, 9.17) is 9.47 Å². The summed E-state index contributed by atoms with van der Waals surface area (Å²) in [6, 6.07) is 9.41. The molecular formula is C18H27NO5. The molecule has 0 aliphatic rings. The molecule has 6 heteroatoms. The van der Waals surface area contributed by atoms with Crippen molar-refractivity contribution in [3.05, 3.63) is 30.3 Å². The second kappa shape index (κ2) is 11.5. The van der Waals surface area contributed by atoms with Gasteiger partial charge in [0.1, 0.15) is 5.75 Å². The third kappa shape index (κ3) is 8.53. The molecule has 1 aromatic carbocycles. The maximum absolute atomic E-state index is 12.3. The van der Waals surface area contributed by atoms with Gasteiger partial charge < -0.3 is 19.5 Å². The lowest BCUT2D eigenvalue weighted by molar-refractivity contribution is -0.144. The normalized spacial score (nSPS) is 11.6. The second-order valence-electron chi connectivity index (χ2n) is 5.51. The van der Waals surface area contributed by atoms with Gasteiger partial charge in [0, 0.05) is 19.5 Å². The number of carbonyl (C=O) groups excluding carboxylic acids is 2. The maximum atomic E-state index is 12.3. The quantitative estimate of drug-likeness (QED) is 0.494. The minimum Gasteiger partial charge on any atom is -0.494 e. The van der Waals surface area contributed by atoms with Crippen molar-refractivity contribution < 1.29 is 24.2 Å². The van der Waals surface area contributed by atoms with Crippen LogP contribution in [0.1, 0.15) is 33.1 Å². The summed E-state index contributed by atoms with van der Waals surface area (Å²) < 4.78 is 10.4. The van der Waals surface area contributed by atoms with E-state index in [0.29, 0.717) is 26.1 Å². The lowest BCUT2D eigenvalue weighted by Gasteiger charge is -2.23. The Labute approximate surface area is 143 Å². The van der Waals surface area contributed by atoms with E-state index in [2.05, 4.69) is 0 Å². The van der Waals surface area contributed by atoms with Crippen LogP contribution >= 0.6 is 0 Å². The Kier molecular flexibility index (Phi) is 9.53. The third-order valence-electron chi connectivity index (χ3n) is 3.28. The molecule has 1 rings (SSSR count). The van der Waals surface area contributed by atoms with Gasteiger partial charge in [-0.1, -0.05) is 18.2 Å². The largest absolute Gasteiger partial charge is 0.494 e. The molecule has 0 heterocycles. The highest BCUT2D eigenvalue weighted by atomic mass is 16.5. The van der Waals surface area contributed by atoms with Crippen LogP contribution < -0.4 is 4.74 Å². The van der Waals surface area contributed by atoms with Gasteiger partial charge in [-0.25, -0.2) is 0 Å². The smallest absolute Gasteiger partial charge is 0.307 e. The summed E-state index contributed by atoms with van der Waals surface area (Å²) >= 11 is 0. The number of hydrogen-bond donors (Lipinski definition) is 1. The van der Waals surface area contributed by atoms with Crippen molar-refractivity contribution in [2.24, 2.45) is 0 Å². The molecule has 24 heavy (non-hydrogen) atoms. The number of amides is 1. The Bertz CT molecular complexity index is 489. The summed E-state index contributed by atoms with van der Waals surface area (Å²) in [5.41, 5.74) is 0. The first-order valence-corrected chi connectivity index (χ1v) is 8.32. The fraction of sp³-hybridized carbons (Fsp3) is 0.556. The van der Waals surface area contributed by atoms with Crippen molar-refractivity contribution in [2.45, 2.75) is 39.2 Å².